The van der Waals surface area contributed by atoms with Gasteiger partial charge in [0.15, 0.2) is 6.23 Å². The maximum atomic E-state index is 9.14. The maximum absolute atomic E-state index is 9.14. The fourth-order valence-electron chi connectivity index (χ4n) is 2.47. The van der Waals surface area contributed by atoms with E-state index in [1.807, 2.05) is 16.7 Å². The van der Waals surface area contributed by atoms with Gasteiger partial charge in [0.2, 0.25) is 5.82 Å². The Morgan fingerprint density at radius 3 is 3.05 bits per heavy atom. The molecule has 0 radical (unpaired) electrons. The molecule has 3 heterocycles. The molecule has 8 nitrogen and oxygen atoms in total. The van der Waals surface area contributed by atoms with E-state index in [0.29, 0.717) is 11.9 Å². The van der Waals surface area contributed by atoms with E-state index in [0.717, 1.165) is 23.9 Å². The average Bonchev–Trinajstić information content (AvgIpc) is 3.01. The minimum atomic E-state index is -0.289. The van der Waals surface area contributed by atoms with Gasteiger partial charge in [-0.05, 0) is 18.9 Å². The van der Waals surface area contributed by atoms with Gasteiger partial charge in [-0.2, -0.15) is 5.84 Å². The van der Waals surface area contributed by atoms with Crippen molar-refractivity contribution >= 4 is 16.9 Å². The van der Waals surface area contributed by atoms with Crippen LogP contribution in [-0.2, 0) is 4.74 Å². The number of ether oxygens (including phenoxy) is 1. The summed E-state index contributed by atoms with van der Waals surface area (Å²) in [5, 5.41) is 16.7. The molecule has 1 aliphatic carbocycles. The van der Waals surface area contributed by atoms with Crippen LogP contribution < -0.4 is 16.0 Å². The molecule has 2 aromatic rings. The second-order valence-electron chi connectivity index (χ2n) is 5.39. The van der Waals surface area contributed by atoms with Crippen LogP contribution in [0.25, 0.3) is 11.0 Å². The number of nitrogen functional groups attached to an aromatic ring is 1. The number of imidazole rings is 1. The van der Waals surface area contributed by atoms with Gasteiger partial charge in [0.05, 0.1) is 18.0 Å². The number of nitrogens with two attached hydrogens (primary N) is 1. The Morgan fingerprint density at radius 1 is 1.48 bits per heavy atom. The Kier molecular flexibility index (Phi) is 2.79. The molecule has 0 saturated heterocycles. The molecule has 1 fully saturated rings. The maximum Gasteiger partial charge on any atom is 0.256 e. The van der Waals surface area contributed by atoms with Crippen molar-refractivity contribution < 1.29 is 14.6 Å². The van der Waals surface area contributed by atoms with Crippen molar-refractivity contribution in [2.45, 2.75) is 31.2 Å². The van der Waals surface area contributed by atoms with Crippen LogP contribution in [0.3, 0.4) is 0 Å². The van der Waals surface area contributed by atoms with E-state index < -0.39 is 0 Å². The van der Waals surface area contributed by atoms with Gasteiger partial charge in [0.25, 0.3) is 6.20 Å². The lowest BCUT2D eigenvalue weighted by atomic mass is 10.3. The molecule has 0 unspecified atom stereocenters. The molecule has 4 rings (SSSR count). The first kappa shape index (κ1) is 12.5. The molecule has 1 aliphatic heterocycles. The molecule has 2 aliphatic rings. The van der Waals surface area contributed by atoms with Crippen molar-refractivity contribution in [3.8, 4) is 0 Å². The Labute approximate surface area is 120 Å². The fraction of sp³-hybridized carbons (Fsp3) is 0.462. The van der Waals surface area contributed by atoms with Crippen molar-refractivity contribution in [2.24, 2.45) is 0 Å². The number of nitrogens with zero attached hydrogens (tertiary/aromatic N) is 4. The Hall–Kier alpha value is -2.19. The molecule has 0 spiro atoms. The third-order valence-electron chi connectivity index (χ3n) is 3.70. The minimum absolute atomic E-state index is 0.0352. The van der Waals surface area contributed by atoms with Crippen molar-refractivity contribution in [1.29, 1.82) is 0 Å². The standard InChI is InChI=1S/C13H17N6O2/c14-19-5-10-12(13(17-19)16-8-1-2-8)15-7-18(10)11-4-3-9(6-20)21-11/h3-5,7-9,11,20H,1-2,6H2,(H3,14,16,17)/q+1/t9-,11+/m0/s1. The van der Waals surface area contributed by atoms with Crippen molar-refractivity contribution in [2.75, 3.05) is 17.8 Å². The summed E-state index contributed by atoms with van der Waals surface area (Å²) in [4.78, 5) is 5.71. The van der Waals surface area contributed by atoms with Crippen LogP contribution in [0.2, 0.25) is 0 Å². The highest BCUT2D eigenvalue weighted by molar-refractivity contribution is 5.84. The van der Waals surface area contributed by atoms with E-state index in [2.05, 4.69) is 15.4 Å². The topological polar surface area (TPSA) is 102 Å². The second kappa shape index (κ2) is 4.68. The van der Waals surface area contributed by atoms with Crippen LogP contribution in [0.1, 0.15) is 19.1 Å². The third-order valence-corrected chi connectivity index (χ3v) is 3.70. The number of hydrogen-bond acceptors (Lipinski definition) is 6. The van der Waals surface area contributed by atoms with Gasteiger partial charge in [-0.1, -0.05) is 6.08 Å². The summed E-state index contributed by atoms with van der Waals surface area (Å²) in [5.74, 6) is 6.52. The number of aromatic nitrogens is 4. The second-order valence-corrected chi connectivity index (χ2v) is 5.39. The van der Waals surface area contributed by atoms with E-state index in [-0.39, 0.29) is 18.9 Å². The molecule has 0 amide bonds. The van der Waals surface area contributed by atoms with Gasteiger partial charge < -0.3 is 15.2 Å². The van der Waals surface area contributed by atoms with Crippen LogP contribution in [0.4, 0.5) is 5.82 Å². The van der Waals surface area contributed by atoms with Crippen LogP contribution in [0.15, 0.2) is 24.7 Å². The Bertz CT molecular complexity index is 708. The predicted octanol–water partition coefficient (Wildman–Crippen LogP) is -0.547. The zero-order valence-electron chi connectivity index (χ0n) is 11.4. The number of rotatable bonds is 4. The highest BCUT2D eigenvalue weighted by atomic mass is 16.5. The van der Waals surface area contributed by atoms with Gasteiger partial charge in [-0.25, -0.2) is 4.98 Å². The number of hydrogen-bond donors (Lipinski definition) is 3. The smallest absolute Gasteiger partial charge is 0.256 e. The van der Waals surface area contributed by atoms with Crippen LogP contribution in [-0.4, -0.2) is 38.5 Å². The van der Waals surface area contributed by atoms with Gasteiger partial charge in [0, 0.05) is 10.8 Å². The van der Waals surface area contributed by atoms with Crippen LogP contribution in [0.5, 0.6) is 0 Å². The molecule has 8 heteroatoms. The Morgan fingerprint density at radius 2 is 2.33 bits per heavy atom. The Balaban J connectivity index is 1.73. The zero-order chi connectivity index (χ0) is 14.4. The summed E-state index contributed by atoms with van der Waals surface area (Å²) >= 11 is 0. The molecule has 0 aromatic carbocycles. The van der Waals surface area contributed by atoms with E-state index in [9.17, 15) is 0 Å². The van der Waals surface area contributed by atoms with Crippen LogP contribution in [0, 0.1) is 0 Å². The summed E-state index contributed by atoms with van der Waals surface area (Å²) < 4.78 is 7.59. The molecule has 4 N–H and O–H groups in total. The van der Waals surface area contributed by atoms with E-state index >= 15 is 0 Å². The summed E-state index contributed by atoms with van der Waals surface area (Å²) in [6.07, 6.45) is 8.90. The molecule has 2 atom stereocenters. The highest BCUT2D eigenvalue weighted by Gasteiger charge is 2.27. The van der Waals surface area contributed by atoms with Gasteiger partial charge in [0.1, 0.15) is 17.1 Å². The molecular formula is C13H17N6O2+. The number of fused-ring (bicyclic) bond motifs is 1. The number of aliphatic hydroxyl groups is 1. The molecule has 2 aromatic heterocycles. The lowest BCUT2D eigenvalue weighted by molar-refractivity contribution is -0.697. The van der Waals surface area contributed by atoms with Gasteiger partial charge in [-0.3, -0.25) is 4.57 Å². The van der Waals surface area contributed by atoms with Gasteiger partial charge in [-0.15, -0.1) is 0 Å². The SMILES string of the molecule is N[n+]1cc2c(ncn2[C@H]2C=C[C@@H](CO)O2)c(NC2CC2)n1. The fourth-order valence-corrected chi connectivity index (χ4v) is 2.47. The van der Waals surface area contributed by atoms with Crippen molar-refractivity contribution in [3.63, 3.8) is 0 Å². The third kappa shape index (κ3) is 2.22. The predicted molar refractivity (Wildman–Crippen MR) is 74.7 cm³/mol. The molecular weight excluding hydrogens is 272 g/mol. The van der Waals surface area contributed by atoms with Crippen molar-refractivity contribution in [3.05, 3.63) is 24.7 Å². The largest absolute Gasteiger partial charge is 0.393 e. The van der Waals surface area contributed by atoms with E-state index in [1.54, 1.807) is 12.5 Å². The minimum Gasteiger partial charge on any atom is -0.393 e. The summed E-state index contributed by atoms with van der Waals surface area (Å²) in [6.45, 7) is -0.0352. The van der Waals surface area contributed by atoms with Crippen molar-refractivity contribution in [1.82, 2.24) is 14.6 Å². The molecule has 21 heavy (non-hydrogen) atoms. The quantitative estimate of drug-likeness (QED) is 0.397. The number of nitrogens with one attached hydrogen (secondary N) is 1. The highest BCUT2D eigenvalue weighted by Crippen LogP contribution is 2.29. The lowest BCUT2D eigenvalue weighted by Gasteiger charge is -2.13. The first-order chi connectivity index (χ1) is 10.2. The first-order valence-corrected chi connectivity index (χ1v) is 7.00. The zero-order valence-corrected chi connectivity index (χ0v) is 11.4. The summed E-state index contributed by atoms with van der Waals surface area (Å²) in [5.41, 5.74) is 1.61. The number of aliphatic hydroxyl groups excluding tert-OH is 1. The van der Waals surface area contributed by atoms with E-state index in [4.69, 9.17) is 15.7 Å². The molecule has 1 saturated carbocycles. The van der Waals surface area contributed by atoms with Gasteiger partial charge >= 0.3 is 0 Å². The first-order valence-electron chi connectivity index (χ1n) is 7.00. The lowest BCUT2D eigenvalue weighted by Crippen LogP contribution is -2.48. The monoisotopic (exact) mass is 289 g/mol. The van der Waals surface area contributed by atoms with Crippen LogP contribution >= 0.6 is 0 Å². The normalized spacial score (nSPS) is 24.8. The average molecular weight is 289 g/mol. The van der Waals surface area contributed by atoms with E-state index in [1.165, 1.54) is 4.79 Å². The summed E-state index contributed by atoms with van der Waals surface area (Å²) in [6, 6.07) is 0.467. The summed E-state index contributed by atoms with van der Waals surface area (Å²) in [7, 11) is 0. The molecule has 0 bridgehead atoms. The number of anilines is 1. The molecule has 110 valence electrons.